The molecule has 1 aromatic heterocycles. The lowest BCUT2D eigenvalue weighted by molar-refractivity contribution is -0.170. The fraction of sp³-hybridized carbons (Fsp3) is 0.579. The zero-order valence-electron chi connectivity index (χ0n) is 28.7. The van der Waals surface area contributed by atoms with Crippen LogP contribution in [0.4, 0.5) is 0 Å². The molecule has 5 N–H and O–H groups in total. The summed E-state index contributed by atoms with van der Waals surface area (Å²) >= 11 is 0. The van der Waals surface area contributed by atoms with Gasteiger partial charge in [0, 0.05) is 41.8 Å². The first kappa shape index (κ1) is 35.5. The van der Waals surface area contributed by atoms with Crippen molar-refractivity contribution in [3.05, 3.63) is 47.7 Å². The first-order valence-corrected chi connectivity index (χ1v) is 17.7. The van der Waals surface area contributed by atoms with E-state index in [4.69, 9.17) is 4.74 Å². The van der Waals surface area contributed by atoms with Crippen molar-refractivity contribution < 1.29 is 43.7 Å². The van der Waals surface area contributed by atoms with Crippen molar-refractivity contribution in [3.63, 3.8) is 0 Å². The number of allylic oxidation sites excluding steroid dienone is 1. The van der Waals surface area contributed by atoms with Gasteiger partial charge in [0.05, 0.1) is 13.0 Å². The van der Waals surface area contributed by atoms with Crippen LogP contribution in [0.5, 0.6) is 0 Å². The number of rotatable bonds is 12. The normalized spacial score (nSPS) is 30.7. The Morgan fingerprint density at radius 1 is 0.980 bits per heavy atom. The lowest BCUT2D eigenvalue weighted by Gasteiger charge is -2.58. The van der Waals surface area contributed by atoms with Crippen molar-refractivity contribution in [2.75, 3.05) is 13.2 Å². The van der Waals surface area contributed by atoms with Crippen LogP contribution < -0.4 is 10.6 Å². The van der Waals surface area contributed by atoms with Crippen LogP contribution in [0, 0.1) is 28.6 Å². The number of ether oxygens (including phenoxy) is 1. The van der Waals surface area contributed by atoms with E-state index >= 15 is 0 Å². The first-order chi connectivity index (χ1) is 23.7. The van der Waals surface area contributed by atoms with E-state index in [1.54, 1.807) is 6.20 Å². The van der Waals surface area contributed by atoms with Crippen LogP contribution in [0.15, 0.2) is 42.1 Å². The van der Waals surface area contributed by atoms with Crippen LogP contribution >= 0.6 is 0 Å². The van der Waals surface area contributed by atoms with Crippen molar-refractivity contribution in [1.82, 2.24) is 15.6 Å². The SMILES string of the molecule is CC12CCC(=O)C=C1CCC1C2CCC2(C)C1CCC2(O)C(=O)COC(=O)CCC(=O)NCC(=O)NC(Cc1c[nH]c2ccccc12)C(=O)O. The number of H-pyrrole nitrogens is 1. The molecule has 50 heavy (non-hydrogen) atoms. The largest absolute Gasteiger partial charge is 0.480 e. The Bertz CT molecular complexity index is 1750. The van der Waals surface area contributed by atoms with Gasteiger partial charge >= 0.3 is 11.9 Å². The Morgan fingerprint density at radius 3 is 2.52 bits per heavy atom. The number of amides is 2. The van der Waals surface area contributed by atoms with Gasteiger partial charge in [0.25, 0.3) is 0 Å². The number of benzene rings is 1. The average Bonchev–Trinajstić information content (AvgIpc) is 3.63. The Labute approximate surface area is 290 Å². The van der Waals surface area contributed by atoms with E-state index in [9.17, 15) is 39.0 Å². The number of carbonyl (C=O) groups is 6. The van der Waals surface area contributed by atoms with Crippen LogP contribution in [0.25, 0.3) is 10.9 Å². The molecule has 4 aliphatic carbocycles. The third kappa shape index (κ3) is 6.50. The molecular formula is C38H47N3O9. The van der Waals surface area contributed by atoms with Crippen LogP contribution in [0.1, 0.15) is 83.6 Å². The molecular weight excluding hydrogens is 642 g/mol. The standard InChI is InChI=1S/C38H47N3O9/c1-36-14-11-24(42)18-23(36)7-8-26-27(36)12-15-37(2)28(26)13-16-38(37,49)31(43)21-50-34(46)10-9-32(44)40-20-33(45)41-30(35(47)48)17-22-19-39-29-6-4-3-5-25(22)29/h3-6,18-19,26-28,30,39,49H,7-17,20-21H2,1-2H3,(H,40,44)(H,41,45)(H,47,48). The highest BCUT2D eigenvalue weighted by Gasteiger charge is 2.66. The van der Waals surface area contributed by atoms with Crippen LogP contribution in [-0.4, -0.2) is 75.3 Å². The highest BCUT2D eigenvalue weighted by molar-refractivity contribution is 5.93. The van der Waals surface area contributed by atoms with Crippen molar-refractivity contribution in [1.29, 1.82) is 0 Å². The Balaban J connectivity index is 0.945. The van der Waals surface area contributed by atoms with Crippen molar-refractivity contribution in [2.24, 2.45) is 28.6 Å². The second kappa shape index (κ2) is 13.8. The van der Waals surface area contributed by atoms with Gasteiger partial charge in [0.15, 0.2) is 12.4 Å². The summed E-state index contributed by atoms with van der Waals surface area (Å²) in [6, 6.07) is 6.19. The molecule has 12 nitrogen and oxygen atoms in total. The molecule has 0 bridgehead atoms. The number of aromatic amines is 1. The van der Waals surface area contributed by atoms with Gasteiger partial charge in [-0.15, -0.1) is 0 Å². The smallest absolute Gasteiger partial charge is 0.326 e. The molecule has 7 atom stereocenters. The predicted molar refractivity (Wildman–Crippen MR) is 181 cm³/mol. The highest BCUT2D eigenvalue weighted by Crippen LogP contribution is 2.67. The summed E-state index contributed by atoms with van der Waals surface area (Å²) in [5.74, 6) is -2.71. The third-order valence-electron chi connectivity index (χ3n) is 12.7. The molecule has 0 aliphatic heterocycles. The maximum absolute atomic E-state index is 13.5. The predicted octanol–water partition coefficient (Wildman–Crippen LogP) is 3.55. The molecule has 0 spiro atoms. The van der Waals surface area contributed by atoms with Crippen LogP contribution in [0.3, 0.4) is 0 Å². The number of aliphatic hydroxyl groups is 1. The lowest BCUT2D eigenvalue weighted by Crippen LogP contribution is -2.58. The molecule has 268 valence electrons. The summed E-state index contributed by atoms with van der Waals surface area (Å²) in [6.45, 7) is 3.22. The van der Waals surface area contributed by atoms with Gasteiger partial charge in [0.2, 0.25) is 17.6 Å². The number of hydrogen-bond acceptors (Lipinski definition) is 8. The Kier molecular flexibility index (Phi) is 9.78. The van der Waals surface area contributed by atoms with Crippen molar-refractivity contribution in [3.8, 4) is 0 Å². The molecule has 7 unspecified atom stereocenters. The van der Waals surface area contributed by atoms with E-state index in [1.165, 1.54) is 5.57 Å². The molecule has 0 saturated heterocycles. The molecule has 12 heteroatoms. The van der Waals surface area contributed by atoms with E-state index < -0.39 is 59.7 Å². The van der Waals surface area contributed by atoms with E-state index in [0.29, 0.717) is 37.5 Å². The molecule has 0 radical (unpaired) electrons. The maximum Gasteiger partial charge on any atom is 0.326 e. The maximum atomic E-state index is 13.5. The Hall–Kier alpha value is -4.32. The Morgan fingerprint density at radius 2 is 1.74 bits per heavy atom. The number of nitrogens with one attached hydrogen (secondary N) is 3. The zero-order valence-corrected chi connectivity index (χ0v) is 28.7. The number of ketones is 2. The topological polar surface area (TPSA) is 192 Å². The molecule has 2 amide bonds. The molecule has 2 aromatic rings. The average molecular weight is 690 g/mol. The van der Waals surface area contributed by atoms with Crippen LogP contribution in [-0.2, 0) is 39.9 Å². The number of hydrogen-bond donors (Lipinski definition) is 5. The quantitative estimate of drug-likeness (QED) is 0.207. The number of Topliss-reactive ketones (excluding diaryl/α,β-unsaturated/α-hetero) is 1. The minimum Gasteiger partial charge on any atom is -0.480 e. The van der Waals surface area contributed by atoms with Gasteiger partial charge in [-0.25, -0.2) is 4.79 Å². The number of carboxylic acid groups (broad SMARTS) is 1. The first-order valence-electron chi connectivity index (χ1n) is 17.7. The highest BCUT2D eigenvalue weighted by atomic mass is 16.5. The van der Waals surface area contributed by atoms with Gasteiger partial charge < -0.3 is 30.6 Å². The van der Waals surface area contributed by atoms with E-state index in [-0.39, 0.29) is 36.4 Å². The number of fused-ring (bicyclic) bond motifs is 6. The van der Waals surface area contributed by atoms with Crippen molar-refractivity contribution >= 4 is 46.2 Å². The lowest BCUT2D eigenvalue weighted by atomic mass is 9.46. The number of aliphatic carboxylic acids is 1. The monoisotopic (exact) mass is 689 g/mol. The summed E-state index contributed by atoms with van der Waals surface area (Å²) in [6.07, 6.45) is 8.75. The van der Waals surface area contributed by atoms with Gasteiger partial charge in [-0.2, -0.15) is 0 Å². The number of aromatic nitrogens is 1. The summed E-state index contributed by atoms with van der Waals surface area (Å²) in [7, 11) is 0. The van der Waals surface area contributed by atoms with Gasteiger partial charge in [-0.1, -0.05) is 37.6 Å². The summed E-state index contributed by atoms with van der Waals surface area (Å²) < 4.78 is 5.23. The minimum absolute atomic E-state index is 0.0200. The number of para-hydroxylation sites is 1. The summed E-state index contributed by atoms with van der Waals surface area (Å²) in [5.41, 5.74) is 0.552. The van der Waals surface area contributed by atoms with Gasteiger partial charge in [-0.3, -0.25) is 24.0 Å². The number of carbonyl (C=O) groups excluding carboxylic acids is 5. The van der Waals surface area contributed by atoms with Gasteiger partial charge in [0.1, 0.15) is 11.6 Å². The fourth-order valence-corrected chi connectivity index (χ4v) is 9.82. The second-order valence-corrected chi connectivity index (χ2v) is 15.2. The third-order valence-corrected chi connectivity index (χ3v) is 12.7. The minimum atomic E-state index is -1.62. The van der Waals surface area contributed by atoms with Crippen molar-refractivity contribution in [2.45, 2.75) is 96.1 Å². The fourth-order valence-electron chi connectivity index (χ4n) is 9.82. The van der Waals surface area contributed by atoms with E-state index in [1.807, 2.05) is 37.3 Å². The molecule has 3 saturated carbocycles. The van der Waals surface area contributed by atoms with Gasteiger partial charge in [-0.05, 0) is 85.8 Å². The number of carboxylic acids is 1. The molecule has 4 aliphatic rings. The second-order valence-electron chi connectivity index (χ2n) is 15.2. The zero-order chi connectivity index (χ0) is 35.8. The molecule has 6 rings (SSSR count). The van der Waals surface area contributed by atoms with E-state index in [2.05, 4.69) is 22.5 Å². The van der Waals surface area contributed by atoms with E-state index in [0.717, 1.165) is 42.1 Å². The number of esters is 1. The molecule has 1 heterocycles. The molecule has 3 fully saturated rings. The summed E-state index contributed by atoms with van der Waals surface area (Å²) in [5, 5.41) is 27.2. The summed E-state index contributed by atoms with van der Waals surface area (Å²) in [4.78, 5) is 77.9. The molecule has 1 aromatic carbocycles. The van der Waals surface area contributed by atoms with Crippen LogP contribution in [0.2, 0.25) is 0 Å².